The van der Waals surface area contributed by atoms with E-state index < -0.39 is 11.9 Å². The quantitative estimate of drug-likeness (QED) is 0.810. The maximum Gasteiger partial charge on any atom is 0.414 e. The Morgan fingerprint density at radius 2 is 1.60 bits per heavy atom. The number of carboxylic acid groups (broad SMARTS) is 2. The van der Waals surface area contributed by atoms with Gasteiger partial charge in [-0.3, -0.25) is 0 Å². The summed E-state index contributed by atoms with van der Waals surface area (Å²) < 4.78 is 0. The van der Waals surface area contributed by atoms with E-state index >= 15 is 0 Å². The van der Waals surface area contributed by atoms with E-state index in [0.717, 1.165) is 6.54 Å². The van der Waals surface area contributed by atoms with Gasteiger partial charge in [-0.2, -0.15) is 0 Å². The average molecular weight is 281 g/mol. The maximum atomic E-state index is 9.10. The van der Waals surface area contributed by atoms with Crippen molar-refractivity contribution < 1.29 is 19.8 Å². The number of hydrogen-bond donors (Lipinski definition) is 2. The zero-order valence-corrected chi connectivity index (χ0v) is 12.3. The fourth-order valence-corrected chi connectivity index (χ4v) is 1.51. The first-order chi connectivity index (χ1) is 9.36. The second kappa shape index (κ2) is 9.97. The summed E-state index contributed by atoms with van der Waals surface area (Å²) in [6.07, 6.45) is 2.57. The van der Waals surface area contributed by atoms with Crippen LogP contribution in [0.25, 0.3) is 0 Å². The van der Waals surface area contributed by atoms with Crippen LogP contribution >= 0.6 is 0 Å². The Labute approximate surface area is 119 Å². The summed E-state index contributed by atoms with van der Waals surface area (Å²) in [5.41, 5.74) is 2.75. The summed E-state index contributed by atoms with van der Waals surface area (Å²) in [4.78, 5) is 20.6. The molecule has 0 amide bonds. The molecule has 0 aliphatic carbocycles. The Morgan fingerprint density at radius 1 is 1.10 bits per heavy atom. The second-order valence-corrected chi connectivity index (χ2v) is 4.69. The highest BCUT2D eigenvalue weighted by molar-refractivity contribution is 6.27. The molecule has 0 saturated carbocycles. The number of benzene rings is 1. The molecule has 1 aromatic rings. The number of aryl methyl sites for hydroxylation is 1. The lowest BCUT2D eigenvalue weighted by Crippen LogP contribution is -2.18. The van der Waals surface area contributed by atoms with Crippen molar-refractivity contribution in [3.05, 3.63) is 35.4 Å². The van der Waals surface area contributed by atoms with Crippen molar-refractivity contribution in [2.45, 2.75) is 33.2 Å². The minimum Gasteiger partial charge on any atom is -0.473 e. The van der Waals surface area contributed by atoms with Gasteiger partial charge >= 0.3 is 11.9 Å². The van der Waals surface area contributed by atoms with Gasteiger partial charge in [0.05, 0.1) is 0 Å². The largest absolute Gasteiger partial charge is 0.473 e. The van der Waals surface area contributed by atoms with E-state index in [1.165, 1.54) is 30.5 Å². The molecule has 0 atom stereocenters. The highest BCUT2D eigenvalue weighted by Gasteiger charge is 2.04. The molecule has 0 aromatic heterocycles. The number of rotatable bonds is 5. The van der Waals surface area contributed by atoms with E-state index in [0.29, 0.717) is 0 Å². The van der Waals surface area contributed by atoms with E-state index in [4.69, 9.17) is 19.8 Å². The lowest BCUT2D eigenvalue weighted by atomic mass is 10.1. The van der Waals surface area contributed by atoms with Crippen molar-refractivity contribution in [1.82, 2.24) is 4.90 Å². The maximum absolute atomic E-state index is 9.10. The fourth-order valence-electron chi connectivity index (χ4n) is 1.51. The first-order valence-corrected chi connectivity index (χ1v) is 6.57. The molecule has 0 radical (unpaired) electrons. The van der Waals surface area contributed by atoms with Crippen LogP contribution in [0.1, 0.15) is 30.9 Å². The third-order valence-electron chi connectivity index (χ3n) is 2.65. The summed E-state index contributed by atoms with van der Waals surface area (Å²) in [5, 5.41) is 14.8. The number of nitrogens with zero attached hydrogens (tertiary/aromatic N) is 1. The molecule has 0 spiro atoms. The molecule has 2 N–H and O–H groups in total. The van der Waals surface area contributed by atoms with Crippen LogP contribution in [-0.2, 0) is 16.1 Å². The van der Waals surface area contributed by atoms with Gasteiger partial charge < -0.3 is 15.1 Å². The van der Waals surface area contributed by atoms with E-state index in [1.54, 1.807) is 0 Å². The molecule has 0 bridgehead atoms. The molecule has 20 heavy (non-hydrogen) atoms. The second-order valence-electron chi connectivity index (χ2n) is 4.69. The first kappa shape index (κ1) is 18.1. The van der Waals surface area contributed by atoms with Crippen LogP contribution in [0.4, 0.5) is 0 Å². The van der Waals surface area contributed by atoms with Gasteiger partial charge in [-0.1, -0.05) is 43.2 Å². The van der Waals surface area contributed by atoms with E-state index in [2.05, 4.69) is 50.1 Å². The van der Waals surface area contributed by atoms with E-state index in [1.807, 2.05) is 0 Å². The van der Waals surface area contributed by atoms with Crippen LogP contribution in [0.15, 0.2) is 24.3 Å². The fraction of sp³-hybridized carbons (Fsp3) is 0.467. The van der Waals surface area contributed by atoms with E-state index in [9.17, 15) is 0 Å². The Morgan fingerprint density at radius 3 is 2.00 bits per heavy atom. The van der Waals surface area contributed by atoms with Gasteiger partial charge in [-0.05, 0) is 32.5 Å². The third-order valence-corrected chi connectivity index (χ3v) is 2.65. The molecule has 1 aromatic carbocycles. The molecule has 1 rings (SSSR count). The SMILES string of the molecule is CCCCN(C)Cc1ccc(C)cc1.O=C(O)C(=O)O. The summed E-state index contributed by atoms with van der Waals surface area (Å²) in [7, 11) is 2.19. The lowest BCUT2D eigenvalue weighted by Gasteiger charge is -2.16. The molecule has 0 heterocycles. The number of aliphatic carboxylic acids is 2. The number of unbranched alkanes of at least 4 members (excludes halogenated alkanes) is 1. The lowest BCUT2D eigenvalue weighted by molar-refractivity contribution is -0.159. The Kier molecular flexibility index (Phi) is 9.04. The van der Waals surface area contributed by atoms with Crippen LogP contribution in [0.5, 0.6) is 0 Å². The van der Waals surface area contributed by atoms with Gasteiger partial charge in [-0.15, -0.1) is 0 Å². The van der Waals surface area contributed by atoms with Gasteiger partial charge in [0.2, 0.25) is 0 Å². The number of carbonyl (C=O) groups is 2. The van der Waals surface area contributed by atoms with Gasteiger partial charge in [0.15, 0.2) is 0 Å². The topological polar surface area (TPSA) is 77.8 Å². The summed E-state index contributed by atoms with van der Waals surface area (Å²) in [6, 6.07) is 8.81. The molecule has 5 nitrogen and oxygen atoms in total. The van der Waals surface area contributed by atoms with E-state index in [-0.39, 0.29) is 0 Å². The van der Waals surface area contributed by atoms with Crippen LogP contribution in [0.3, 0.4) is 0 Å². The van der Waals surface area contributed by atoms with Crippen molar-refractivity contribution in [3.8, 4) is 0 Å². The van der Waals surface area contributed by atoms with Crippen LogP contribution in [0, 0.1) is 6.92 Å². The summed E-state index contributed by atoms with van der Waals surface area (Å²) in [5.74, 6) is -3.65. The van der Waals surface area contributed by atoms with Crippen LogP contribution < -0.4 is 0 Å². The summed E-state index contributed by atoms with van der Waals surface area (Å²) in [6.45, 7) is 6.63. The third kappa shape index (κ3) is 9.10. The van der Waals surface area contributed by atoms with Gasteiger partial charge in [0.25, 0.3) is 0 Å². The smallest absolute Gasteiger partial charge is 0.414 e. The average Bonchev–Trinajstić information content (AvgIpc) is 2.39. The van der Waals surface area contributed by atoms with Crippen LogP contribution in [0.2, 0.25) is 0 Å². The summed E-state index contributed by atoms with van der Waals surface area (Å²) >= 11 is 0. The monoisotopic (exact) mass is 281 g/mol. The molecular weight excluding hydrogens is 258 g/mol. The molecule has 0 fully saturated rings. The van der Waals surface area contributed by atoms with Crippen molar-refractivity contribution in [1.29, 1.82) is 0 Å². The van der Waals surface area contributed by atoms with Gasteiger partial charge in [-0.25, -0.2) is 9.59 Å². The highest BCUT2D eigenvalue weighted by Crippen LogP contribution is 2.06. The van der Waals surface area contributed by atoms with Crippen molar-refractivity contribution in [3.63, 3.8) is 0 Å². The zero-order valence-electron chi connectivity index (χ0n) is 12.3. The standard InChI is InChI=1S/C13H21N.C2H2O4/c1-4-5-10-14(3)11-13-8-6-12(2)7-9-13;3-1(4)2(5)6/h6-9H,4-5,10-11H2,1-3H3;(H,3,4)(H,5,6). The highest BCUT2D eigenvalue weighted by atomic mass is 16.4. The van der Waals surface area contributed by atoms with Crippen molar-refractivity contribution in [2.75, 3.05) is 13.6 Å². The molecule has 0 saturated heterocycles. The molecule has 5 heteroatoms. The van der Waals surface area contributed by atoms with Gasteiger partial charge in [0.1, 0.15) is 0 Å². The molecule has 112 valence electrons. The molecule has 0 aliphatic rings. The number of hydrogen-bond acceptors (Lipinski definition) is 3. The predicted molar refractivity (Wildman–Crippen MR) is 77.7 cm³/mol. The predicted octanol–water partition coefficient (Wildman–Crippen LogP) is 2.38. The van der Waals surface area contributed by atoms with Gasteiger partial charge in [0, 0.05) is 6.54 Å². The number of carboxylic acids is 2. The van der Waals surface area contributed by atoms with Crippen molar-refractivity contribution >= 4 is 11.9 Å². The van der Waals surface area contributed by atoms with Crippen LogP contribution in [-0.4, -0.2) is 40.6 Å². The minimum absolute atomic E-state index is 1.07. The Balaban J connectivity index is 0.000000511. The Bertz CT molecular complexity index is 402. The van der Waals surface area contributed by atoms with Crippen molar-refractivity contribution in [2.24, 2.45) is 0 Å². The zero-order chi connectivity index (χ0) is 15.5. The minimum atomic E-state index is -1.82. The molecular formula is C15H23NO4. The first-order valence-electron chi connectivity index (χ1n) is 6.57. The molecule has 0 aliphatic heterocycles. The Hall–Kier alpha value is -1.88. The molecule has 0 unspecified atom stereocenters. The normalized spacial score (nSPS) is 9.80.